The van der Waals surface area contributed by atoms with Crippen LogP contribution in [0.15, 0.2) is 36.1 Å². The minimum absolute atomic E-state index is 0.113. The zero-order valence-electron chi connectivity index (χ0n) is 14.5. The molecule has 0 N–H and O–H groups in total. The monoisotopic (exact) mass is 362 g/mol. The van der Waals surface area contributed by atoms with Crippen LogP contribution in [-0.2, 0) is 28.6 Å². The molecule has 0 bridgehead atoms. The van der Waals surface area contributed by atoms with Crippen LogP contribution in [0.5, 0.6) is 0 Å². The topological polar surface area (TPSA) is 78.9 Å². The molecule has 0 unspecified atom stereocenters. The molecule has 1 aromatic carbocycles. The zero-order chi connectivity index (χ0) is 18.9. The van der Waals surface area contributed by atoms with Crippen molar-refractivity contribution in [2.45, 2.75) is 38.4 Å². The van der Waals surface area contributed by atoms with E-state index >= 15 is 0 Å². The van der Waals surface area contributed by atoms with Crippen LogP contribution in [0, 0.1) is 11.2 Å². The summed E-state index contributed by atoms with van der Waals surface area (Å²) in [7, 11) is 1.20. The minimum atomic E-state index is -1.25. The second-order valence-electron chi connectivity index (χ2n) is 6.43. The van der Waals surface area contributed by atoms with Crippen molar-refractivity contribution in [2.75, 3.05) is 7.11 Å². The number of rotatable bonds is 3. The lowest BCUT2D eigenvalue weighted by Crippen LogP contribution is -2.50. The SMILES string of the molecule is COC(=O)C1=C[C@@H](c2ccc(F)cc2)[C@@]2(CCCC2=O)[C@@H](OC(C)=O)O1. The lowest BCUT2D eigenvalue weighted by atomic mass is 9.68. The molecule has 3 atom stereocenters. The largest absolute Gasteiger partial charge is 0.463 e. The van der Waals surface area contributed by atoms with Crippen molar-refractivity contribution in [1.29, 1.82) is 0 Å². The van der Waals surface area contributed by atoms with Crippen molar-refractivity contribution < 1.29 is 33.0 Å². The number of Topliss-reactive ketones (excluding diaryl/α,β-unsaturated/α-hetero) is 1. The molecule has 0 aromatic heterocycles. The van der Waals surface area contributed by atoms with Crippen LogP contribution in [0.2, 0.25) is 0 Å². The first kappa shape index (κ1) is 18.1. The lowest BCUT2D eigenvalue weighted by molar-refractivity contribution is -0.207. The van der Waals surface area contributed by atoms with Crippen LogP contribution in [0.1, 0.15) is 37.7 Å². The smallest absolute Gasteiger partial charge is 0.373 e. The highest BCUT2D eigenvalue weighted by molar-refractivity contribution is 5.91. The molecular weight excluding hydrogens is 343 g/mol. The van der Waals surface area contributed by atoms with Gasteiger partial charge in [-0.1, -0.05) is 12.1 Å². The molecule has 3 rings (SSSR count). The van der Waals surface area contributed by atoms with Gasteiger partial charge in [0, 0.05) is 19.3 Å². The Morgan fingerprint density at radius 1 is 1.27 bits per heavy atom. The number of hydrogen-bond acceptors (Lipinski definition) is 6. The van der Waals surface area contributed by atoms with Crippen molar-refractivity contribution in [3.8, 4) is 0 Å². The van der Waals surface area contributed by atoms with Crippen LogP contribution >= 0.6 is 0 Å². The molecule has 1 heterocycles. The fourth-order valence-electron chi connectivity index (χ4n) is 3.76. The molecule has 1 spiro atoms. The molecule has 1 aliphatic heterocycles. The van der Waals surface area contributed by atoms with E-state index in [0.29, 0.717) is 24.8 Å². The minimum Gasteiger partial charge on any atom is -0.463 e. The molecule has 6 nitrogen and oxygen atoms in total. The molecule has 0 radical (unpaired) electrons. The zero-order valence-corrected chi connectivity index (χ0v) is 14.5. The highest BCUT2D eigenvalue weighted by Gasteiger charge is 2.59. The number of ether oxygens (including phenoxy) is 3. The van der Waals surface area contributed by atoms with E-state index in [2.05, 4.69) is 0 Å². The van der Waals surface area contributed by atoms with Gasteiger partial charge < -0.3 is 14.2 Å². The Labute approximate surface area is 149 Å². The van der Waals surface area contributed by atoms with Gasteiger partial charge in [0.05, 0.1) is 7.11 Å². The lowest BCUT2D eigenvalue weighted by Gasteiger charge is -2.43. The number of carbonyl (C=O) groups excluding carboxylic acids is 3. The van der Waals surface area contributed by atoms with E-state index in [0.717, 1.165) is 0 Å². The van der Waals surface area contributed by atoms with Crippen LogP contribution < -0.4 is 0 Å². The number of carbonyl (C=O) groups is 3. The summed E-state index contributed by atoms with van der Waals surface area (Å²) in [6.45, 7) is 1.21. The summed E-state index contributed by atoms with van der Waals surface area (Å²) >= 11 is 0. The first-order chi connectivity index (χ1) is 12.4. The molecule has 7 heteroatoms. The Bertz CT molecular complexity index is 769. The van der Waals surface area contributed by atoms with Gasteiger partial charge >= 0.3 is 11.9 Å². The normalized spacial score (nSPS) is 27.7. The van der Waals surface area contributed by atoms with E-state index in [1.807, 2.05) is 0 Å². The number of allylic oxidation sites excluding steroid dienone is 1. The third-order valence-corrected chi connectivity index (χ3v) is 4.93. The fraction of sp³-hybridized carbons (Fsp3) is 0.421. The van der Waals surface area contributed by atoms with E-state index < -0.39 is 35.4 Å². The summed E-state index contributed by atoms with van der Waals surface area (Å²) < 4.78 is 28.9. The molecule has 1 aliphatic carbocycles. The summed E-state index contributed by atoms with van der Waals surface area (Å²) in [5, 5.41) is 0. The highest BCUT2D eigenvalue weighted by atomic mass is 19.1. The Morgan fingerprint density at radius 3 is 2.50 bits per heavy atom. The molecule has 0 amide bonds. The van der Waals surface area contributed by atoms with Crippen molar-refractivity contribution in [3.05, 3.63) is 47.5 Å². The van der Waals surface area contributed by atoms with Gasteiger partial charge in [-0.05, 0) is 36.6 Å². The van der Waals surface area contributed by atoms with Gasteiger partial charge in [-0.3, -0.25) is 9.59 Å². The summed E-state index contributed by atoms with van der Waals surface area (Å²) in [6.07, 6.45) is 1.61. The predicted molar refractivity (Wildman–Crippen MR) is 87.2 cm³/mol. The first-order valence-electron chi connectivity index (χ1n) is 8.31. The van der Waals surface area contributed by atoms with E-state index in [9.17, 15) is 18.8 Å². The second-order valence-corrected chi connectivity index (χ2v) is 6.43. The van der Waals surface area contributed by atoms with Gasteiger partial charge in [0.15, 0.2) is 0 Å². The number of ketones is 1. The van der Waals surface area contributed by atoms with Crippen LogP contribution in [0.3, 0.4) is 0 Å². The Kier molecular flexibility index (Phi) is 4.80. The van der Waals surface area contributed by atoms with Gasteiger partial charge in [0.1, 0.15) is 17.0 Å². The van der Waals surface area contributed by atoms with Crippen molar-refractivity contribution in [3.63, 3.8) is 0 Å². The average molecular weight is 362 g/mol. The maximum absolute atomic E-state index is 13.4. The Morgan fingerprint density at radius 2 is 1.96 bits per heavy atom. The third-order valence-electron chi connectivity index (χ3n) is 4.93. The maximum Gasteiger partial charge on any atom is 0.373 e. The average Bonchev–Trinajstić information content (AvgIpc) is 2.98. The summed E-state index contributed by atoms with van der Waals surface area (Å²) in [4.78, 5) is 36.5. The number of benzene rings is 1. The number of hydrogen-bond donors (Lipinski definition) is 0. The summed E-state index contributed by atoms with van der Waals surface area (Å²) in [5.41, 5.74) is -0.524. The van der Waals surface area contributed by atoms with Crippen molar-refractivity contribution in [1.82, 2.24) is 0 Å². The van der Waals surface area contributed by atoms with Gasteiger partial charge in [0.2, 0.25) is 5.76 Å². The van der Waals surface area contributed by atoms with E-state index in [4.69, 9.17) is 14.2 Å². The quantitative estimate of drug-likeness (QED) is 0.769. The first-order valence-corrected chi connectivity index (χ1v) is 8.31. The molecule has 0 saturated heterocycles. The maximum atomic E-state index is 13.4. The molecule has 1 fully saturated rings. The van der Waals surface area contributed by atoms with Gasteiger partial charge in [0.25, 0.3) is 6.29 Å². The van der Waals surface area contributed by atoms with Crippen molar-refractivity contribution >= 4 is 17.7 Å². The van der Waals surface area contributed by atoms with Crippen molar-refractivity contribution in [2.24, 2.45) is 5.41 Å². The number of methoxy groups -OCH3 is 1. The predicted octanol–water partition coefficient (Wildman–Crippen LogP) is 2.63. The highest BCUT2D eigenvalue weighted by Crippen LogP contribution is 2.54. The van der Waals surface area contributed by atoms with Gasteiger partial charge in [-0.25, -0.2) is 9.18 Å². The van der Waals surface area contributed by atoms with Gasteiger partial charge in [-0.2, -0.15) is 0 Å². The summed E-state index contributed by atoms with van der Waals surface area (Å²) in [6, 6.07) is 5.67. The summed E-state index contributed by atoms with van der Waals surface area (Å²) in [5.74, 6) is -2.64. The molecule has 1 saturated carbocycles. The molecule has 2 aliphatic rings. The van der Waals surface area contributed by atoms with Gasteiger partial charge in [-0.15, -0.1) is 0 Å². The van der Waals surface area contributed by atoms with Crippen LogP contribution in [-0.4, -0.2) is 31.1 Å². The van der Waals surface area contributed by atoms with Crippen LogP contribution in [0.4, 0.5) is 4.39 Å². The van der Waals surface area contributed by atoms with E-state index in [-0.39, 0.29) is 11.5 Å². The second kappa shape index (κ2) is 6.90. The number of halogens is 1. The fourth-order valence-corrected chi connectivity index (χ4v) is 3.76. The molecule has 26 heavy (non-hydrogen) atoms. The molecule has 138 valence electrons. The number of esters is 2. The van der Waals surface area contributed by atoms with E-state index in [1.54, 1.807) is 12.1 Å². The van der Waals surface area contributed by atoms with Crippen LogP contribution in [0.25, 0.3) is 0 Å². The Balaban J connectivity index is 2.15. The third kappa shape index (κ3) is 2.98. The standard InChI is InChI=1S/C19H19FO6/c1-11(21)25-18-19(9-3-4-16(19)22)14(10-15(26-18)17(23)24-2)12-5-7-13(20)8-6-12/h5-8,10,14,18H,3-4,9H2,1-2H3/t14-,18-,19+/m0/s1. The van der Waals surface area contributed by atoms with E-state index in [1.165, 1.54) is 32.2 Å². The molecular formula is C19H19FO6. The molecule has 1 aromatic rings. The Hall–Kier alpha value is -2.70.